The maximum absolute atomic E-state index is 12.2. The fraction of sp³-hybridized carbons (Fsp3) is 0.889. The summed E-state index contributed by atoms with van der Waals surface area (Å²) in [6.45, 7) is 9.15. The Balaban J connectivity index is 1.49. The summed E-state index contributed by atoms with van der Waals surface area (Å²) in [6, 6.07) is 0.0720. The summed E-state index contributed by atoms with van der Waals surface area (Å²) >= 11 is 0. The molecule has 3 saturated heterocycles. The molecule has 1 amide bonds. The summed E-state index contributed by atoms with van der Waals surface area (Å²) in [4.78, 5) is 33.9. The number of nitrogens with zero attached hydrogens (tertiary/aromatic N) is 5. The van der Waals surface area contributed by atoms with Crippen molar-refractivity contribution in [3.05, 3.63) is 0 Å². The van der Waals surface area contributed by atoms with Crippen LogP contribution in [0.25, 0.3) is 0 Å². The quantitative estimate of drug-likeness (QED) is 0.630. The van der Waals surface area contributed by atoms with Crippen LogP contribution in [0.2, 0.25) is 0 Å². The molecule has 3 heterocycles. The van der Waals surface area contributed by atoms with Crippen LogP contribution in [0.15, 0.2) is 0 Å². The van der Waals surface area contributed by atoms with E-state index in [2.05, 4.69) is 26.6 Å². The number of carbonyl (C=O) groups excluding carboxylic acids is 1. The third-order valence-electron chi connectivity index (χ3n) is 6.08. The van der Waals surface area contributed by atoms with Crippen LogP contribution < -0.4 is 0 Å². The second kappa shape index (κ2) is 9.18. The van der Waals surface area contributed by atoms with E-state index < -0.39 is 5.97 Å². The molecule has 0 radical (unpaired) electrons. The third-order valence-corrected chi connectivity index (χ3v) is 6.08. The number of ether oxygens (including phenoxy) is 1. The number of amides is 1. The van der Waals surface area contributed by atoms with E-state index in [0.29, 0.717) is 6.54 Å². The minimum absolute atomic E-state index is 0.0720. The summed E-state index contributed by atoms with van der Waals surface area (Å²) < 4.78 is 5.69. The Kier molecular flexibility index (Phi) is 6.91. The van der Waals surface area contributed by atoms with Gasteiger partial charge >= 0.3 is 12.1 Å². The van der Waals surface area contributed by atoms with Crippen molar-refractivity contribution in [2.45, 2.75) is 25.1 Å². The maximum Gasteiger partial charge on any atom is 0.411 e. The molecule has 9 heteroatoms. The molecule has 0 spiro atoms. The van der Waals surface area contributed by atoms with E-state index in [1.54, 1.807) is 4.90 Å². The van der Waals surface area contributed by atoms with Gasteiger partial charge in [0.05, 0.1) is 12.5 Å². The van der Waals surface area contributed by atoms with Crippen LogP contribution >= 0.6 is 0 Å². The second-order valence-corrected chi connectivity index (χ2v) is 7.91. The van der Waals surface area contributed by atoms with Crippen molar-refractivity contribution < 1.29 is 19.4 Å². The number of carboxylic acids is 1. The van der Waals surface area contributed by atoms with Gasteiger partial charge in [-0.3, -0.25) is 9.69 Å². The molecule has 0 aromatic rings. The molecule has 2 unspecified atom stereocenters. The maximum atomic E-state index is 12.2. The van der Waals surface area contributed by atoms with Gasteiger partial charge in [-0.15, -0.1) is 0 Å². The Morgan fingerprint density at radius 3 is 2.22 bits per heavy atom. The molecule has 1 N–H and O–H groups in total. The number of cyclic esters (lactones) is 1. The Hall–Kier alpha value is -1.42. The molecule has 154 valence electrons. The molecule has 3 aliphatic heterocycles. The molecular formula is C18H33N5O4. The van der Waals surface area contributed by atoms with Gasteiger partial charge in [0.25, 0.3) is 0 Å². The first kappa shape index (κ1) is 20.3. The van der Waals surface area contributed by atoms with Gasteiger partial charge in [-0.1, -0.05) is 0 Å². The number of aliphatic carboxylic acids is 1. The van der Waals surface area contributed by atoms with Crippen LogP contribution in [0.3, 0.4) is 0 Å². The van der Waals surface area contributed by atoms with Crippen LogP contribution in [0.4, 0.5) is 4.79 Å². The predicted molar refractivity (Wildman–Crippen MR) is 101 cm³/mol. The zero-order valence-corrected chi connectivity index (χ0v) is 16.5. The Morgan fingerprint density at radius 2 is 1.59 bits per heavy atom. The van der Waals surface area contributed by atoms with Crippen LogP contribution in [-0.4, -0.2) is 133 Å². The van der Waals surface area contributed by atoms with Crippen molar-refractivity contribution in [2.24, 2.45) is 0 Å². The average Bonchev–Trinajstić information content (AvgIpc) is 2.94. The highest BCUT2D eigenvalue weighted by Gasteiger charge is 2.43. The summed E-state index contributed by atoms with van der Waals surface area (Å²) in [5.41, 5.74) is 0. The molecule has 9 nitrogen and oxygen atoms in total. The lowest BCUT2D eigenvalue weighted by atomic mass is 10.1. The summed E-state index contributed by atoms with van der Waals surface area (Å²) in [6.07, 6.45) is 0.651. The molecule has 3 rings (SSSR count). The van der Waals surface area contributed by atoms with Gasteiger partial charge in [0, 0.05) is 72.5 Å². The Bertz CT molecular complexity index is 518. The average molecular weight is 383 g/mol. The van der Waals surface area contributed by atoms with Crippen molar-refractivity contribution in [3.8, 4) is 0 Å². The second-order valence-electron chi connectivity index (χ2n) is 7.91. The number of hydrogen-bond acceptors (Lipinski definition) is 7. The lowest BCUT2D eigenvalue weighted by Crippen LogP contribution is -2.54. The third kappa shape index (κ3) is 5.31. The van der Waals surface area contributed by atoms with Crippen LogP contribution in [-0.2, 0) is 9.53 Å². The number of likely N-dealkylation sites (N-methyl/N-ethyl adjacent to an activating group) is 2. The minimum atomic E-state index is -0.757. The van der Waals surface area contributed by atoms with E-state index in [9.17, 15) is 9.59 Å². The first-order valence-corrected chi connectivity index (χ1v) is 9.96. The van der Waals surface area contributed by atoms with Crippen LogP contribution in [0, 0.1) is 0 Å². The molecule has 0 saturated carbocycles. The molecule has 3 aliphatic rings. The lowest BCUT2D eigenvalue weighted by molar-refractivity contribution is -0.137. The van der Waals surface area contributed by atoms with Gasteiger partial charge in [-0.25, -0.2) is 4.79 Å². The molecule has 3 fully saturated rings. The van der Waals surface area contributed by atoms with Crippen molar-refractivity contribution in [3.63, 3.8) is 0 Å². The molecule has 27 heavy (non-hydrogen) atoms. The Morgan fingerprint density at radius 1 is 1.00 bits per heavy atom. The molecule has 2 atom stereocenters. The van der Waals surface area contributed by atoms with E-state index in [0.717, 1.165) is 65.3 Å². The highest BCUT2D eigenvalue weighted by atomic mass is 16.6. The van der Waals surface area contributed by atoms with E-state index in [-0.39, 0.29) is 24.8 Å². The van der Waals surface area contributed by atoms with Gasteiger partial charge in [0.2, 0.25) is 0 Å². The molecule has 0 bridgehead atoms. The molecule has 0 aromatic carbocycles. The van der Waals surface area contributed by atoms with Crippen molar-refractivity contribution in [1.29, 1.82) is 0 Å². The topological polar surface area (TPSA) is 79.8 Å². The van der Waals surface area contributed by atoms with Crippen molar-refractivity contribution in [2.75, 3.05) is 79.5 Å². The van der Waals surface area contributed by atoms with Crippen molar-refractivity contribution >= 4 is 12.1 Å². The molecular weight excluding hydrogens is 350 g/mol. The Labute approximate surface area is 161 Å². The van der Waals surface area contributed by atoms with Gasteiger partial charge in [-0.05, 0) is 13.5 Å². The van der Waals surface area contributed by atoms with E-state index >= 15 is 0 Å². The van der Waals surface area contributed by atoms with E-state index in [1.165, 1.54) is 0 Å². The van der Waals surface area contributed by atoms with Gasteiger partial charge in [0.15, 0.2) is 6.23 Å². The fourth-order valence-corrected chi connectivity index (χ4v) is 4.13. The highest BCUT2D eigenvalue weighted by molar-refractivity contribution is 5.70. The first-order valence-electron chi connectivity index (χ1n) is 9.96. The molecule has 0 aromatic heterocycles. The van der Waals surface area contributed by atoms with E-state index in [1.807, 2.05) is 7.05 Å². The van der Waals surface area contributed by atoms with Crippen molar-refractivity contribution in [1.82, 2.24) is 24.5 Å². The largest absolute Gasteiger partial charge is 0.481 e. The first-order chi connectivity index (χ1) is 12.9. The predicted octanol–water partition coefficient (Wildman–Crippen LogP) is -0.507. The standard InChI is InChI=1S/C18H33N5O4/c1-19-7-9-21(10-8-19)5-3-15-17(27-18(26)20(15)2)23-13-11-22(12-14-23)6-4-16(24)25/h15,17H,3-14H2,1-2H3,(H,24,25). The lowest BCUT2D eigenvalue weighted by Gasteiger charge is -2.39. The number of piperazine rings is 2. The fourth-order valence-electron chi connectivity index (χ4n) is 4.13. The number of carbonyl (C=O) groups is 2. The normalized spacial score (nSPS) is 29.3. The van der Waals surface area contributed by atoms with Gasteiger partial charge in [-0.2, -0.15) is 0 Å². The smallest absolute Gasteiger partial charge is 0.411 e. The summed E-state index contributed by atoms with van der Waals surface area (Å²) in [5, 5.41) is 8.84. The summed E-state index contributed by atoms with van der Waals surface area (Å²) in [5.74, 6) is -0.757. The van der Waals surface area contributed by atoms with Crippen LogP contribution in [0.1, 0.15) is 12.8 Å². The SMILES string of the molecule is CN1CCN(CCC2C(N3CCN(CCC(=O)O)CC3)OC(=O)N2C)CC1. The van der Waals surface area contributed by atoms with Gasteiger partial charge < -0.3 is 29.4 Å². The van der Waals surface area contributed by atoms with Crippen LogP contribution in [0.5, 0.6) is 0 Å². The number of rotatable bonds is 7. The zero-order chi connectivity index (χ0) is 19.4. The monoisotopic (exact) mass is 383 g/mol. The summed E-state index contributed by atoms with van der Waals surface area (Å²) in [7, 11) is 3.99. The zero-order valence-electron chi connectivity index (χ0n) is 16.5. The van der Waals surface area contributed by atoms with E-state index in [4.69, 9.17) is 9.84 Å². The molecule has 0 aliphatic carbocycles. The number of carboxylic acid groups (broad SMARTS) is 1. The van der Waals surface area contributed by atoms with Gasteiger partial charge in [0.1, 0.15) is 0 Å². The number of hydrogen-bond donors (Lipinski definition) is 1. The highest BCUT2D eigenvalue weighted by Crippen LogP contribution is 2.25. The minimum Gasteiger partial charge on any atom is -0.481 e.